The van der Waals surface area contributed by atoms with E-state index >= 15 is 0 Å². The molecule has 0 saturated carbocycles. The van der Waals surface area contributed by atoms with Crippen LogP contribution in [0.5, 0.6) is 0 Å². The SMILES string of the molecule is CCOC(=O)c1c(N)/c(=C\c2cccnc2)c2n1C(=O)C(c1cccnc1)SC=2C(=O)OC. The van der Waals surface area contributed by atoms with Gasteiger partial charge in [-0.3, -0.25) is 19.3 Å². The molecule has 0 radical (unpaired) electrons. The van der Waals surface area contributed by atoms with Crippen LogP contribution in [0, 0.1) is 0 Å². The lowest BCUT2D eigenvalue weighted by molar-refractivity contribution is -0.133. The number of nitrogen functional groups attached to an aromatic ring is 1. The Labute approximate surface area is 192 Å². The first kappa shape index (κ1) is 22.3. The number of hydrogen-bond donors (Lipinski definition) is 1. The smallest absolute Gasteiger partial charge is 0.357 e. The lowest BCUT2D eigenvalue weighted by Gasteiger charge is -2.23. The number of nitrogens with two attached hydrogens (primary N) is 1. The predicted molar refractivity (Wildman–Crippen MR) is 122 cm³/mol. The molecule has 3 aromatic rings. The van der Waals surface area contributed by atoms with E-state index in [0.29, 0.717) is 16.3 Å². The summed E-state index contributed by atoms with van der Waals surface area (Å²) in [6.45, 7) is 1.74. The lowest BCUT2D eigenvalue weighted by Crippen LogP contribution is -2.42. The third-order valence-electron chi connectivity index (χ3n) is 4.97. The Morgan fingerprint density at radius 1 is 1.18 bits per heavy atom. The number of carbonyl (C=O) groups is 3. The minimum absolute atomic E-state index is 0.0227. The zero-order valence-electron chi connectivity index (χ0n) is 17.8. The van der Waals surface area contributed by atoms with Crippen LogP contribution in [0.3, 0.4) is 0 Å². The minimum atomic E-state index is -0.841. The average molecular weight is 465 g/mol. The first-order valence-corrected chi connectivity index (χ1v) is 10.9. The summed E-state index contributed by atoms with van der Waals surface area (Å²) in [6, 6.07) is 6.94. The van der Waals surface area contributed by atoms with Gasteiger partial charge in [-0.15, -0.1) is 0 Å². The second kappa shape index (κ2) is 9.29. The van der Waals surface area contributed by atoms with Gasteiger partial charge in [0.15, 0.2) is 5.69 Å². The third-order valence-corrected chi connectivity index (χ3v) is 6.27. The molecule has 1 aliphatic rings. The number of carbonyl (C=O) groups excluding carboxylic acids is 3. The molecule has 33 heavy (non-hydrogen) atoms. The highest BCUT2D eigenvalue weighted by Gasteiger charge is 2.38. The van der Waals surface area contributed by atoms with E-state index in [4.69, 9.17) is 15.2 Å². The topological polar surface area (TPSA) is 126 Å². The maximum atomic E-state index is 13.7. The molecule has 0 spiro atoms. The molecule has 4 heterocycles. The van der Waals surface area contributed by atoms with Crippen LogP contribution in [0.4, 0.5) is 5.69 Å². The van der Waals surface area contributed by atoms with Crippen molar-refractivity contribution in [2.75, 3.05) is 19.5 Å². The molecule has 9 nitrogen and oxygen atoms in total. The van der Waals surface area contributed by atoms with Gasteiger partial charge in [0.05, 0.1) is 24.8 Å². The number of hydrogen-bond acceptors (Lipinski definition) is 9. The van der Waals surface area contributed by atoms with Crippen molar-refractivity contribution in [2.24, 2.45) is 0 Å². The van der Waals surface area contributed by atoms with Crippen molar-refractivity contribution in [3.8, 4) is 0 Å². The Kier molecular flexibility index (Phi) is 6.27. The maximum absolute atomic E-state index is 13.7. The van der Waals surface area contributed by atoms with E-state index in [1.165, 1.54) is 13.3 Å². The molecule has 0 fully saturated rings. The van der Waals surface area contributed by atoms with Crippen molar-refractivity contribution in [3.63, 3.8) is 0 Å². The molecule has 0 aromatic carbocycles. The molecule has 0 bridgehead atoms. The van der Waals surface area contributed by atoms with E-state index in [-0.39, 0.29) is 28.2 Å². The Bertz CT molecular complexity index is 1350. The third kappa shape index (κ3) is 4.00. The molecule has 3 aromatic heterocycles. The van der Waals surface area contributed by atoms with Gasteiger partial charge in [-0.1, -0.05) is 23.9 Å². The number of aromatic nitrogens is 3. The van der Waals surface area contributed by atoms with E-state index in [9.17, 15) is 14.4 Å². The number of anilines is 1. The summed E-state index contributed by atoms with van der Waals surface area (Å²) in [5.41, 5.74) is 7.53. The fraction of sp³-hybridized carbons (Fsp3) is 0.174. The summed E-state index contributed by atoms with van der Waals surface area (Å²) in [4.78, 5) is 47.7. The van der Waals surface area contributed by atoms with Gasteiger partial charge in [0.25, 0.3) is 0 Å². The Morgan fingerprint density at radius 3 is 2.52 bits per heavy atom. The van der Waals surface area contributed by atoms with Crippen molar-refractivity contribution in [1.29, 1.82) is 0 Å². The Hall–Kier alpha value is -3.92. The molecule has 4 rings (SSSR count). The number of fused-ring (bicyclic) bond motifs is 1. The van der Waals surface area contributed by atoms with Crippen LogP contribution in [-0.2, 0) is 14.3 Å². The Morgan fingerprint density at radius 2 is 1.91 bits per heavy atom. The highest BCUT2D eigenvalue weighted by molar-refractivity contribution is 8.10. The fourth-order valence-electron chi connectivity index (χ4n) is 3.55. The highest BCUT2D eigenvalue weighted by atomic mass is 32.2. The number of methoxy groups -OCH3 is 1. The van der Waals surface area contributed by atoms with Crippen molar-refractivity contribution in [1.82, 2.24) is 14.5 Å². The van der Waals surface area contributed by atoms with E-state index in [1.807, 2.05) is 0 Å². The van der Waals surface area contributed by atoms with Crippen molar-refractivity contribution in [2.45, 2.75) is 12.2 Å². The average Bonchev–Trinajstić information content (AvgIpc) is 3.13. The second-order valence-electron chi connectivity index (χ2n) is 6.95. The number of pyridine rings is 2. The summed E-state index contributed by atoms with van der Waals surface area (Å²) in [5, 5.41) is -0.329. The summed E-state index contributed by atoms with van der Waals surface area (Å²) >= 11 is 1.03. The predicted octanol–water partition coefficient (Wildman–Crippen LogP) is 1.28. The van der Waals surface area contributed by atoms with Gasteiger partial charge in [-0.2, -0.15) is 0 Å². The molecule has 2 N–H and O–H groups in total. The first-order valence-electron chi connectivity index (χ1n) is 10.00. The van der Waals surface area contributed by atoms with Crippen molar-refractivity contribution < 1.29 is 23.9 Å². The van der Waals surface area contributed by atoms with Crippen molar-refractivity contribution in [3.05, 3.63) is 76.4 Å². The number of rotatable bonds is 5. The van der Waals surface area contributed by atoms with Gasteiger partial charge >= 0.3 is 11.9 Å². The number of nitrogens with zero attached hydrogens (tertiary/aromatic N) is 3. The largest absolute Gasteiger partial charge is 0.465 e. The minimum Gasteiger partial charge on any atom is -0.465 e. The van der Waals surface area contributed by atoms with Crippen LogP contribution in [0.15, 0.2) is 49.1 Å². The standard InChI is InChI=1S/C23H20N4O5S/c1-3-32-22(29)18-16(24)15(10-13-6-4-8-25-11-13)17-20(23(30)31-2)33-19(21(28)27(17)18)14-7-5-9-26-12-14/h4-12,19H,3,24H2,1-2H3/b15-10+. The molecule has 10 heteroatoms. The van der Waals surface area contributed by atoms with Gasteiger partial charge in [0.1, 0.15) is 10.2 Å². The number of ether oxygens (including phenoxy) is 2. The number of esters is 2. The summed E-state index contributed by atoms with van der Waals surface area (Å²) in [7, 11) is 1.25. The van der Waals surface area contributed by atoms with E-state index in [2.05, 4.69) is 9.97 Å². The van der Waals surface area contributed by atoms with Gasteiger partial charge in [-0.25, -0.2) is 9.59 Å². The van der Waals surface area contributed by atoms with Gasteiger partial charge in [-0.05, 0) is 36.3 Å². The van der Waals surface area contributed by atoms with E-state index < -0.39 is 23.1 Å². The molecular formula is C23H20N4O5S. The summed E-state index contributed by atoms with van der Waals surface area (Å²) in [6.07, 6.45) is 8.00. The monoisotopic (exact) mass is 464 g/mol. The molecule has 1 unspecified atom stereocenters. The molecule has 0 saturated heterocycles. The quantitative estimate of drug-likeness (QED) is 0.556. The van der Waals surface area contributed by atoms with Crippen LogP contribution < -0.4 is 16.3 Å². The normalized spacial score (nSPS) is 15.8. The first-order chi connectivity index (χ1) is 16.0. The van der Waals surface area contributed by atoms with Crippen LogP contribution >= 0.6 is 11.8 Å². The van der Waals surface area contributed by atoms with Crippen LogP contribution in [-0.4, -0.2) is 46.1 Å². The molecule has 168 valence electrons. The Balaban J connectivity index is 2.11. The zero-order chi connectivity index (χ0) is 23.5. The maximum Gasteiger partial charge on any atom is 0.357 e. The molecule has 1 atom stereocenters. The van der Waals surface area contributed by atoms with Crippen molar-refractivity contribution >= 4 is 46.3 Å². The highest BCUT2D eigenvalue weighted by Crippen LogP contribution is 2.39. The molecule has 1 aliphatic heterocycles. The van der Waals surface area contributed by atoms with Crippen LogP contribution in [0.2, 0.25) is 0 Å². The van der Waals surface area contributed by atoms with Crippen LogP contribution in [0.1, 0.15) is 38.6 Å². The van der Waals surface area contributed by atoms with Crippen LogP contribution in [0.25, 0.3) is 11.0 Å². The van der Waals surface area contributed by atoms with Gasteiger partial charge in [0.2, 0.25) is 5.91 Å². The van der Waals surface area contributed by atoms with Gasteiger partial charge < -0.3 is 15.2 Å². The zero-order valence-corrected chi connectivity index (χ0v) is 18.7. The lowest BCUT2D eigenvalue weighted by atomic mass is 10.2. The molecular weight excluding hydrogens is 444 g/mol. The van der Waals surface area contributed by atoms with Gasteiger partial charge in [0, 0.05) is 30.0 Å². The molecule has 0 aliphatic carbocycles. The summed E-state index contributed by atoms with van der Waals surface area (Å²) < 4.78 is 11.4. The molecule has 0 amide bonds. The van der Waals surface area contributed by atoms with E-state index in [1.54, 1.807) is 55.9 Å². The summed E-state index contributed by atoms with van der Waals surface area (Å²) in [5.74, 6) is -1.87. The second-order valence-corrected chi connectivity index (χ2v) is 8.07. The van der Waals surface area contributed by atoms with E-state index in [0.717, 1.165) is 16.3 Å². The number of thioether (sulfide) groups is 1. The fourth-order valence-corrected chi connectivity index (χ4v) is 4.76.